The second kappa shape index (κ2) is 3.29. The van der Waals surface area contributed by atoms with Gasteiger partial charge in [0, 0.05) is 12.1 Å². The van der Waals surface area contributed by atoms with Crippen molar-refractivity contribution in [3.05, 3.63) is 35.4 Å². The monoisotopic (exact) mass is 199 g/mol. The number of alkyl halides is 2. The Kier molecular flexibility index (Phi) is 2.25. The Morgan fingerprint density at radius 1 is 1.43 bits per heavy atom. The van der Waals surface area contributed by atoms with Gasteiger partial charge in [0.15, 0.2) is 0 Å². The van der Waals surface area contributed by atoms with Crippen LogP contribution in [-0.2, 0) is 10.7 Å². The summed E-state index contributed by atoms with van der Waals surface area (Å²) in [7, 11) is 0. The summed E-state index contributed by atoms with van der Waals surface area (Å²) in [5.41, 5.74) is 5.99. The maximum atomic E-state index is 13.3. The molecule has 1 aliphatic rings. The van der Waals surface area contributed by atoms with Crippen molar-refractivity contribution in [2.45, 2.75) is 12.0 Å². The van der Waals surface area contributed by atoms with Gasteiger partial charge >= 0.3 is 0 Å². The molecular weight excluding hydrogens is 188 g/mol. The summed E-state index contributed by atoms with van der Waals surface area (Å²) in [4.78, 5) is 0. The van der Waals surface area contributed by atoms with Crippen molar-refractivity contribution in [1.82, 2.24) is 0 Å². The first-order chi connectivity index (χ1) is 6.65. The molecule has 2 N–H and O–H groups in total. The van der Waals surface area contributed by atoms with Crippen LogP contribution in [0.3, 0.4) is 0 Å². The van der Waals surface area contributed by atoms with Gasteiger partial charge in [-0.2, -0.15) is 8.78 Å². The second-order valence-corrected chi connectivity index (χ2v) is 3.33. The smallest absolute Gasteiger partial charge is 0.296 e. The summed E-state index contributed by atoms with van der Waals surface area (Å²) in [6.07, 6.45) is -0.397. The number of hydrogen-bond donors (Lipinski definition) is 1. The van der Waals surface area contributed by atoms with Crippen LogP contribution in [0.5, 0.6) is 0 Å². The van der Waals surface area contributed by atoms with E-state index in [1.165, 1.54) is 6.07 Å². The third-order valence-corrected chi connectivity index (χ3v) is 2.38. The van der Waals surface area contributed by atoms with Crippen molar-refractivity contribution in [3.8, 4) is 0 Å². The van der Waals surface area contributed by atoms with E-state index in [9.17, 15) is 8.78 Å². The Hall–Kier alpha value is -1.00. The third-order valence-electron chi connectivity index (χ3n) is 2.38. The quantitative estimate of drug-likeness (QED) is 0.748. The van der Waals surface area contributed by atoms with Gasteiger partial charge < -0.3 is 10.5 Å². The first-order valence-electron chi connectivity index (χ1n) is 4.44. The van der Waals surface area contributed by atoms with Crippen LogP contribution in [0.1, 0.15) is 17.2 Å². The number of halogens is 2. The molecular formula is C10H11F2NO. The molecule has 0 spiro atoms. The minimum atomic E-state index is -2.89. The van der Waals surface area contributed by atoms with E-state index in [0.29, 0.717) is 5.56 Å². The van der Waals surface area contributed by atoms with Gasteiger partial charge in [0.1, 0.15) is 6.61 Å². The standard InChI is InChI=1S/C10H11F2NO/c11-10(12)6-14-9(5-13)7-3-1-2-4-8(7)10/h1-4,9H,5-6,13H2. The molecule has 0 radical (unpaired) electrons. The van der Waals surface area contributed by atoms with Crippen LogP contribution in [0, 0.1) is 0 Å². The Morgan fingerprint density at radius 2 is 2.14 bits per heavy atom. The molecule has 1 aliphatic heterocycles. The van der Waals surface area contributed by atoms with E-state index in [4.69, 9.17) is 10.5 Å². The zero-order valence-corrected chi connectivity index (χ0v) is 7.54. The van der Waals surface area contributed by atoms with Gasteiger partial charge in [0.05, 0.1) is 6.10 Å². The van der Waals surface area contributed by atoms with Crippen LogP contribution < -0.4 is 5.73 Å². The maximum absolute atomic E-state index is 13.3. The molecule has 0 aromatic heterocycles. The molecule has 1 atom stereocenters. The topological polar surface area (TPSA) is 35.2 Å². The van der Waals surface area contributed by atoms with Crippen molar-refractivity contribution in [2.24, 2.45) is 5.73 Å². The highest BCUT2D eigenvalue weighted by atomic mass is 19.3. The van der Waals surface area contributed by atoms with E-state index in [-0.39, 0.29) is 12.1 Å². The van der Waals surface area contributed by atoms with Gasteiger partial charge in [-0.1, -0.05) is 24.3 Å². The van der Waals surface area contributed by atoms with Crippen LogP contribution >= 0.6 is 0 Å². The Morgan fingerprint density at radius 3 is 2.86 bits per heavy atom. The van der Waals surface area contributed by atoms with Gasteiger partial charge in [-0.05, 0) is 5.56 Å². The van der Waals surface area contributed by atoms with Gasteiger partial charge in [-0.3, -0.25) is 0 Å². The van der Waals surface area contributed by atoms with E-state index in [2.05, 4.69) is 0 Å². The predicted octanol–water partition coefficient (Wildman–Crippen LogP) is 1.81. The zero-order chi connectivity index (χ0) is 10.2. The van der Waals surface area contributed by atoms with Crippen molar-refractivity contribution >= 4 is 0 Å². The number of hydrogen-bond acceptors (Lipinski definition) is 2. The fourth-order valence-electron chi connectivity index (χ4n) is 1.68. The minimum absolute atomic E-state index is 0.0432. The fourth-order valence-corrected chi connectivity index (χ4v) is 1.68. The van der Waals surface area contributed by atoms with Crippen LogP contribution in [0.4, 0.5) is 8.78 Å². The molecule has 1 aromatic carbocycles. The zero-order valence-electron chi connectivity index (χ0n) is 7.54. The summed E-state index contributed by atoms with van der Waals surface area (Å²) in [5.74, 6) is -2.89. The van der Waals surface area contributed by atoms with Crippen molar-refractivity contribution in [2.75, 3.05) is 13.2 Å². The van der Waals surface area contributed by atoms with E-state index in [1.54, 1.807) is 18.2 Å². The Balaban J connectivity index is 2.49. The van der Waals surface area contributed by atoms with Crippen LogP contribution in [0.2, 0.25) is 0 Å². The molecule has 2 nitrogen and oxygen atoms in total. The average molecular weight is 199 g/mol. The first kappa shape index (κ1) is 9.55. The predicted molar refractivity (Wildman–Crippen MR) is 48.1 cm³/mol. The molecule has 4 heteroatoms. The van der Waals surface area contributed by atoms with Crippen molar-refractivity contribution in [1.29, 1.82) is 0 Å². The normalized spacial score (nSPS) is 24.4. The molecule has 0 fully saturated rings. The van der Waals surface area contributed by atoms with Crippen LogP contribution in [0.15, 0.2) is 24.3 Å². The minimum Gasteiger partial charge on any atom is -0.366 e. The van der Waals surface area contributed by atoms with Gasteiger partial charge in [-0.25, -0.2) is 0 Å². The van der Waals surface area contributed by atoms with Crippen molar-refractivity contribution < 1.29 is 13.5 Å². The second-order valence-electron chi connectivity index (χ2n) is 3.33. The largest absolute Gasteiger partial charge is 0.366 e. The van der Waals surface area contributed by atoms with Crippen molar-refractivity contribution in [3.63, 3.8) is 0 Å². The third kappa shape index (κ3) is 1.40. The van der Waals surface area contributed by atoms with Gasteiger partial charge in [0.2, 0.25) is 0 Å². The van der Waals surface area contributed by atoms with Gasteiger partial charge in [0.25, 0.3) is 5.92 Å². The van der Waals surface area contributed by atoms with E-state index in [1.807, 2.05) is 0 Å². The molecule has 0 aliphatic carbocycles. The Bertz CT molecular complexity index is 341. The number of rotatable bonds is 1. The first-order valence-corrected chi connectivity index (χ1v) is 4.44. The molecule has 76 valence electrons. The van der Waals surface area contributed by atoms with Crippen LogP contribution in [-0.4, -0.2) is 13.2 Å². The lowest BCUT2D eigenvalue weighted by atomic mass is 9.95. The molecule has 1 unspecified atom stereocenters. The highest BCUT2D eigenvalue weighted by Gasteiger charge is 2.40. The molecule has 14 heavy (non-hydrogen) atoms. The van der Waals surface area contributed by atoms with E-state index in [0.717, 1.165) is 0 Å². The number of benzene rings is 1. The maximum Gasteiger partial charge on any atom is 0.296 e. The van der Waals surface area contributed by atoms with Crippen LogP contribution in [0.25, 0.3) is 0 Å². The summed E-state index contributed by atoms with van der Waals surface area (Å²) < 4.78 is 31.7. The molecule has 2 rings (SSSR count). The van der Waals surface area contributed by atoms with E-state index >= 15 is 0 Å². The summed E-state index contributed by atoms with van der Waals surface area (Å²) in [5, 5.41) is 0. The van der Waals surface area contributed by atoms with Gasteiger partial charge in [-0.15, -0.1) is 0 Å². The average Bonchev–Trinajstić information content (AvgIpc) is 2.18. The fraction of sp³-hybridized carbons (Fsp3) is 0.400. The molecule has 1 aromatic rings. The lowest BCUT2D eigenvalue weighted by Crippen LogP contribution is -2.33. The number of nitrogens with two attached hydrogens (primary N) is 1. The Labute approximate surface area is 80.7 Å². The molecule has 0 saturated carbocycles. The highest BCUT2D eigenvalue weighted by molar-refractivity contribution is 5.34. The number of fused-ring (bicyclic) bond motifs is 1. The molecule has 0 saturated heterocycles. The molecule has 0 amide bonds. The lowest BCUT2D eigenvalue weighted by molar-refractivity contribution is -0.122. The number of ether oxygens (including phenoxy) is 1. The SMILES string of the molecule is NCC1OCC(F)(F)c2ccccc21. The lowest BCUT2D eigenvalue weighted by Gasteiger charge is -2.30. The summed E-state index contributed by atoms with van der Waals surface area (Å²) in [6, 6.07) is 6.39. The summed E-state index contributed by atoms with van der Waals surface area (Å²) >= 11 is 0. The molecule has 0 bridgehead atoms. The highest BCUT2D eigenvalue weighted by Crippen LogP contribution is 2.39. The molecule has 1 heterocycles. The van der Waals surface area contributed by atoms with E-state index < -0.39 is 18.6 Å². The summed E-state index contributed by atoms with van der Waals surface area (Å²) in [6.45, 7) is -0.348.